The standard InChI is InChI=1S/C23H27NO3/c1-3-7-21-22(27-17-19-8-5-4-6-9-19)14-15-23(25)24(21)16-18-10-12-20(26-2)13-11-18/h3-6,8-13,21-22H,1,7,14-17H2,2H3/t21?,22-/m0/s1. The Labute approximate surface area is 161 Å². The molecule has 3 rings (SSSR count). The lowest BCUT2D eigenvalue weighted by atomic mass is 9.94. The summed E-state index contributed by atoms with van der Waals surface area (Å²) in [6.45, 7) is 5.02. The molecule has 1 fully saturated rings. The minimum atomic E-state index is 0.00886. The van der Waals surface area contributed by atoms with Crippen LogP contribution >= 0.6 is 0 Å². The number of nitrogens with zero attached hydrogens (tertiary/aromatic N) is 1. The summed E-state index contributed by atoms with van der Waals surface area (Å²) in [5.41, 5.74) is 2.23. The van der Waals surface area contributed by atoms with Crippen LogP contribution in [0, 0.1) is 0 Å². The van der Waals surface area contributed by atoms with Gasteiger partial charge in [-0.25, -0.2) is 0 Å². The Balaban J connectivity index is 1.71. The molecule has 0 aliphatic carbocycles. The molecule has 4 nitrogen and oxygen atoms in total. The van der Waals surface area contributed by atoms with Crippen molar-refractivity contribution in [2.24, 2.45) is 0 Å². The Hall–Kier alpha value is -2.59. The van der Waals surface area contributed by atoms with Gasteiger partial charge in [-0.2, -0.15) is 0 Å². The highest BCUT2D eigenvalue weighted by Crippen LogP contribution is 2.27. The Morgan fingerprint density at radius 2 is 1.85 bits per heavy atom. The Morgan fingerprint density at radius 1 is 1.11 bits per heavy atom. The van der Waals surface area contributed by atoms with Crippen LogP contribution in [0.15, 0.2) is 67.3 Å². The average Bonchev–Trinajstić information content (AvgIpc) is 2.71. The van der Waals surface area contributed by atoms with E-state index in [-0.39, 0.29) is 18.1 Å². The Kier molecular flexibility index (Phi) is 6.66. The third kappa shape index (κ3) is 4.98. The topological polar surface area (TPSA) is 38.8 Å². The third-order valence-corrected chi connectivity index (χ3v) is 5.02. The van der Waals surface area contributed by atoms with Crippen molar-refractivity contribution in [1.82, 2.24) is 4.90 Å². The van der Waals surface area contributed by atoms with Gasteiger partial charge in [0.2, 0.25) is 5.91 Å². The van der Waals surface area contributed by atoms with Gasteiger partial charge in [0.05, 0.1) is 25.9 Å². The normalized spacial score (nSPS) is 19.7. The summed E-state index contributed by atoms with van der Waals surface area (Å²) in [6, 6.07) is 18.0. The predicted molar refractivity (Wildman–Crippen MR) is 106 cm³/mol. The van der Waals surface area contributed by atoms with Gasteiger partial charge in [-0.05, 0) is 36.1 Å². The molecule has 27 heavy (non-hydrogen) atoms. The van der Waals surface area contributed by atoms with E-state index in [0.717, 1.165) is 29.7 Å². The Morgan fingerprint density at radius 3 is 2.52 bits per heavy atom. The fourth-order valence-electron chi connectivity index (χ4n) is 3.54. The molecular formula is C23H27NO3. The van der Waals surface area contributed by atoms with Crippen LogP contribution in [0.5, 0.6) is 5.75 Å². The summed E-state index contributed by atoms with van der Waals surface area (Å²) < 4.78 is 11.4. The number of rotatable bonds is 8. The molecule has 0 radical (unpaired) electrons. The zero-order chi connectivity index (χ0) is 19.1. The maximum absolute atomic E-state index is 12.6. The minimum Gasteiger partial charge on any atom is -0.497 e. The molecule has 1 heterocycles. The van der Waals surface area contributed by atoms with Crippen LogP contribution in [0.4, 0.5) is 0 Å². The molecule has 0 spiro atoms. The van der Waals surface area contributed by atoms with Gasteiger partial charge in [-0.3, -0.25) is 4.79 Å². The second-order valence-corrected chi connectivity index (χ2v) is 6.84. The second-order valence-electron chi connectivity index (χ2n) is 6.84. The number of hydrogen-bond acceptors (Lipinski definition) is 3. The quantitative estimate of drug-likeness (QED) is 0.653. The second kappa shape index (κ2) is 9.38. The highest BCUT2D eigenvalue weighted by Gasteiger charge is 2.35. The summed E-state index contributed by atoms with van der Waals surface area (Å²) in [5, 5.41) is 0. The van der Waals surface area contributed by atoms with E-state index in [1.165, 1.54) is 0 Å². The number of benzene rings is 2. The maximum Gasteiger partial charge on any atom is 0.223 e. The summed E-state index contributed by atoms with van der Waals surface area (Å²) >= 11 is 0. The summed E-state index contributed by atoms with van der Waals surface area (Å²) in [4.78, 5) is 14.6. The van der Waals surface area contributed by atoms with Crippen LogP contribution in [0.1, 0.15) is 30.4 Å². The lowest BCUT2D eigenvalue weighted by Crippen LogP contribution is -2.51. The molecule has 2 aromatic carbocycles. The molecule has 0 aromatic heterocycles. The van der Waals surface area contributed by atoms with E-state index in [0.29, 0.717) is 19.6 Å². The first-order chi connectivity index (χ1) is 13.2. The minimum absolute atomic E-state index is 0.00886. The molecule has 1 amide bonds. The fourth-order valence-corrected chi connectivity index (χ4v) is 3.54. The van der Waals surface area contributed by atoms with Gasteiger partial charge >= 0.3 is 0 Å². The van der Waals surface area contributed by atoms with Gasteiger partial charge in [0.15, 0.2) is 0 Å². The van der Waals surface area contributed by atoms with Gasteiger partial charge in [0, 0.05) is 13.0 Å². The van der Waals surface area contributed by atoms with E-state index < -0.39 is 0 Å². The van der Waals surface area contributed by atoms with Gasteiger partial charge in [-0.15, -0.1) is 6.58 Å². The number of ether oxygens (including phenoxy) is 2. The maximum atomic E-state index is 12.6. The molecule has 1 unspecified atom stereocenters. The van der Waals surface area contributed by atoms with E-state index in [1.807, 2.05) is 53.4 Å². The molecule has 1 aliphatic rings. The molecule has 0 N–H and O–H groups in total. The van der Waals surface area contributed by atoms with Crippen molar-refractivity contribution in [3.63, 3.8) is 0 Å². The zero-order valence-electron chi connectivity index (χ0n) is 15.8. The van der Waals surface area contributed by atoms with Crippen LogP contribution in [0.25, 0.3) is 0 Å². The number of likely N-dealkylation sites (tertiary alicyclic amines) is 1. The van der Waals surface area contributed by atoms with Crippen molar-refractivity contribution in [2.75, 3.05) is 7.11 Å². The van der Waals surface area contributed by atoms with E-state index in [9.17, 15) is 4.79 Å². The SMILES string of the molecule is C=CCC1[C@@H](OCc2ccccc2)CCC(=O)N1Cc1ccc(OC)cc1. The zero-order valence-corrected chi connectivity index (χ0v) is 15.8. The van der Waals surface area contributed by atoms with E-state index >= 15 is 0 Å². The molecule has 4 heteroatoms. The van der Waals surface area contributed by atoms with Crippen molar-refractivity contribution in [3.05, 3.63) is 78.4 Å². The first-order valence-corrected chi connectivity index (χ1v) is 9.40. The lowest BCUT2D eigenvalue weighted by molar-refractivity contribution is -0.146. The van der Waals surface area contributed by atoms with Crippen molar-refractivity contribution in [3.8, 4) is 5.75 Å². The largest absolute Gasteiger partial charge is 0.497 e. The number of amides is 1. The summed E-state index contributed by atoms with van der Waals surface area (Å²) in [7, 11) is 1.65. The molecule has 2 atom stereocenters. The van der Waals surface area contributed by atoms with E-state index in [1.54, 1.807) is 7.11 Å². The van der Waals surface area contributed by atoms with Crippen molar-refractivity contribution in [2.45, 2.75) is 44.6 Å². The molecule has 2 aromatic rings. The van der Waals surface area contributed by atoms with Crippen LogP contribution in [-0.2, 0) is 22.7 Å². The van der Waals surface area contributed by atoms with Gasteiger partial charge < -0.3 is 14.4 Å². The molecule has 0 bridgehead atoms. The predicted octanol–water partition coefficient (Wildman–Crippen LogP) is 4.35. The van der Waals surface area contributed by atoms with Crippen molar-refractivity contribution < 1.29 is 14.3 Å². The summed E-state index contributed by atoms with van der Waals surface area (Å²) in [6.07, 6.45) is 3.89. The number of carbonyl (C=O) groups excluding carboxylic acids is 1. The van der Waals surface area contributed by atoms with Crippen molar-refractivity contribution in [1.29, 1.82) is 0 Å². The highest BCUT2D eigenvalue weighted by molar-refractivity contribution is 5.77. The van der Waals surface area contributed by atoms with Crippen LogP contribution in [-0.4, -0.2) is 30.1 Å². The number of hydrogen-bond donors (Lipinski definition) is 0. The fraction of sp³-hybridized carbons (Fsp3) is 0.348. The first-order valence-electron chi connectivity index (χ1n) is 9.40. The number of carbonyl (C=O) groups is 1. The van der Waals surface area contributed by atoms with Gasteiger partial charge in [-0.1, -0.05) is 48.5 Å². The Bertz CT molecular complexity index is 742. The molecule has 142 valence electrons. The average molecular weight is 365 g/mol. The highest BCUT2D eigenvalue weighted by atomic mass is 16.5. The van der Waals surface area contributed by atoms with E-state index in [2.05, 4.69) is 18.7 Å². The lowest BCUT2D eigenvalue weighted by Gasteiger charge is -2.41. The monoisotopic (exact) mass is 365 g/mol. The molecule has 0 saturated carbocycles. The van der Waals surface area contributed by atoms with Crippen LogP contribution in [0.3, 0.4) is 0 Å². The number of methoxy groups -OCH3 is 1. The van der Waals surface area contributed by atoms with Gasteiger partial charge in [0.25, 0.3) is 0 Å². The summed E-state index contributed by atoms with van der Waals surface area (Å²) in [5.74, 6) is 0.993. The molecule has 1 saturated heterocycles. The molecule has 1 aliphatic heterocycles. The van der Waals surface area contributed by atoms with Gasteiger partial charge in [0.1, 0.15) is 5.75 Å². The number of piperidine rings is 1. The van der Waals surface area contributed by atoms with Crippen LogP contribution in [0.2, 0.25) is 0 Å². The third-order valence-electron chi connectivity index (χ3n) is 5.02. The van der Waals surface area contributed by atoms with Crippen LogP contribution < -0.4 is 4.74 Å². The van der Waals surface area contributed by atoms with Crippen molar-refractivity contribution >= 4 is 5.91 Å². The molecular weight excluding hydrogens is 338 g/mol. The smallest absolute Gasteiger partial charge is 0.223 e. The van der Waals surface area contributed by atoms with E-state index in [4.69, 9.17) is 9.47 Å². The first kappa shape index (κ1) is 19.2.